The van der Waals surface area contributed by atoms with Crippen molar-refractivity contribution in [3.05, 3.63) is 59.2 Å². The van der Waals surface area contributed by atoms with Crippen molar-refractivity contribution in [2.75, 3.05) is 6.61 Å². The molecule has 4 heteroatoms. The molecule has 0 fully saturated rings. The Labute approximate surface area is 147 Å². The Balaban J connectivity index is 2.01. The van der Waals surface area contributed by atoms with E-state index in [9.17, 15) is 0 Å². The monoisotopic (exact) mass is 333 g/mol. The molecule has 0 unspecified atom stereocenters. The fraction of sp³-hybridized carbons (Fsp3) is 0.286. The van der Waals surface area contributed by atoms with Crippen molar-refractivity contribution in [2.24, 2.45) is 0 Å². The zero-order valence-corrected chi connectivity index (χ0v) is 15.4. The van der Waals surface area contributed by atoms with Crippen LogP contribution in [0, 0.1) is 27.7 Å². The molecule has 0 saturated heterocycles. The van der Waals surface area contributed by atoms with Crippen LogP contribution < -0.4 is 4.74 Å². The Morgan fingerprint density at radius 3 is 2.32 bits per heavy atom. The maximum absolute atomic E-state index is 5.57. The van der Waals surface area contributed by atoms with Crippen LogP contribution in [0.4, 0.5) is 0 Å². The molecule has 0 bridgehead atoms. The van der Waals surface area contributed by atoms with Gasteiger partial charge in [-0.1, -0.05) is 0 Å². The molecule has 3 aromatic heterocycles. The number of benzene rings is 1. The maximum Gasteiger partial charge on any atom is 0.119 e. The van der Waals surface area contributed by atoms with E-state index in [1.165, 1.54) is 33.2 Å². The van der Waals surface area contributed by atoms with E-state index in [1.807, 2.05) is 23.6 Å². The highest BCUT2D eigenvalue weighted by Crippen LogP contribution is 2.34. The predicted molar refractivity (Wildman–Crippen MR) is 102 cm³/mol. The van der Waals surface area contributed by atoms with E-state index in [0.717, 1.165) is 17.1 Å². The largest absolute Gasteiger partial charge is 0.494 e. The van der Waals surface area contributed by atoms with Crippen molar-refractivity contribution in [2.45, 2.75) is 34.6 Å². The average Bonchev–Trinajstić information content (AvgIpc) is 3.06. The van der Waals surface area contributed by atoms with Gasteiger partial charge in [-0.2, -0.15) is 5.10 Å². The van der Waals surface area contributed by atoms with Gasteiger partial charge in [0.2, 0.25) is 0 Å². The van der Waals surface area contributed by atoms with Gasteiger partial charge in [0, 0.05) is 34.0 Å². The van der Waals surface area contributed by atoms with Gasteiger partial charge in [0.05, 0.1) is 17.8 Å². The second-order valence-electron chi connectivity index (χ2n) is 6.62. The molecule has 4 nitrogen and oxygen atoms in total. The molecule has 4 aromatic rings. The van der Waals surface area contributed by atoms with E-state index in [4.69, 9.17) is 9.84 Å². The molecule has 0 saturated carbocycles. The lowest BCUT2D eigenvalue weighted by Gasteiger charge is -2.10. The van der Waals surface area contributed by atoms with Crippen molar-refractivity contribution in [3.8, 4) is 11.4 Å². The summed E-state index contributed by atoms with van der Waals surface area (Å²) < 4.78 is 9.89. The van der Waals surface area contributed by atoms with E-state index in [0.29, 0.717) is 6.61 Å². The SMILES string of the molecule is CCOc1ccc(-n2c(C)c3c(C)nn4cc(C)cc4c3c2C)cc1. The fourth-order valence-electron chi connectivity index (χ4n) is 3.90. The minimum Gasteiger partial charge on any atom is -0.494 e. The Bertz CT molecular complexity index is 1080. The Morgan fingerprint density at radius 1 is 0.960 bits per heavy atom. The molecule has 0 aliphatic heterocycles. The summed E-state index contributed by atoms with van der Waals surface area (Å²) in [7, 11) is 0. The van der Waals surface area contributed by atoms with E-state index in [1.54, 1.807) is 0 Å². The van der Waals surface area contributed by atoms with Crippen molar-refractivity contribution < 1.29 is 4.74 Å². The molecule has 1 aromatic carbocycles. The van der Waals surface area contributed by atoms with Crippen molar-refractivity contribution in [1.82, 2.24) is 14.2 Å². The van der Waals surface area contributed by atoms with Gasteiger partial charge < -0.3 is 9.30 Å². The topological polar surface area (TPSA) is 31.5 Å². The molecule has 0 atom stereocenters. The first-order valence-electron chi connectivity index (χ1n) is 8.71. The normalized spacial score (nSPS) is 11.6. The summed E-state index contributed by atoms with van der Waals surface area (Å²) in [5.41, 5.74) is 7.07. The highest BCUT2D eigenvalue weighted by molar-refractivity contribution is 6.02. The number of aryl methyl sites for hydroxylation is 4. The fourth-order valence-corrected chi connectivity index (χ4v) is 3.90. The van der Waals surface area contributed by atoms with Crippen molar-refractivity contribution in [3.63, 3.8) is 0 Å². The predicted octanol–water partition coefficient (Wildman–Crippen LogP) is 4.91. The molecule has 128 valence electrons. The first kappa shape index (κ1) is 15.8. The smallest absolute Gasteiger partial charge is 0.119 e. The minimum absolute atomic E-state index is 0.682. The highest BCUT2D eigenvalue weighted by atomic mass is 16.5. The Morgan fingerprint density at radius 2 is 1.64 bits per heavy atom. The van der Waals surface area contributed by atoms with Crippen LogP contribution in [0.1, 0.15) is 29.6 Å². The third-order valence-electron chi connectivity index (χ3n) is 4.86. The van der Waals surface area contributed by atoms with Crippen LogP contribution in [-0.2, 0) is 0 Å². The van der Waals surface area contributed by atoms with E-state index in [-0.39, 0.29) is 0 Å². The lowest BCUT2D eigenvalue weighted by Crippen LogP contribution is -1.99. The van der Waals surface area contributed by atoms with E-state index in [2.05, 4.69) is 56.7 Å². The molecule has 0 aliphatic carbocycles. The minimum atomic E-state index is 0.682. The van der Waals surface area contributed by atoms with Gasteiger partial charge >= 0.3 is 0 Å². The second-order valence-corrected chi connectivity index (χ2v) is 6.62. The molecule has 0 amide bonds. The van der Waals surface area contributed by atoms with Crippen LogP contribution in [0.3, 0.4) is 0 Å². The van der Waals surface area contributed by atoms with Crippen LogP contribution in [0.25, 0.3) is 22.0 Å². The van der Waals surface area contributed by atoms with Gasteiger partial charge in [0.15, 0.2) is 0 Å². The van der Waals surface area contributed by atoms with Crippen LogP contribution in [-0.4, -0.2) is 20.8 Å². The van der Waals surface area contributed by atoms with Gasteiger partial charge in [-0.3, -0.25) is 0 Å². The van der Waals surface area contributed by atoms with Crippen LogP contribution in [0.5, 0.6) is 5.75 Å². The van der Waals surface area contributed by atoms with Gasteiger partial charge in [-0.15, -0.1) is 0 Å². The highest BCUT2D eigenvalue weighted by Gasteiger charge is 2.18. The summed E-state index contributed by atoms with van der Waals surface area (Å²) in [5, 5.41) is 7.29. The molecular formula is C21H23N3O. The number of nitrogens with zero attached hydrogens (tertiary/aromatic N) is 3. The lowest BCUT2D eigenvalue weighted by atomic mass is 10.1. The number of ether oxygens (including phenoxy) is 1. The quantitative estimate of drug-likeness (QED) is 0.533. The first-order chi connectivity index (χ1) is 12.0. The average molecular weight is 333 g/mol. The lowest BCUT2D eigenvalue weighted by molar-refractivity contribution is 0.340. The number of rotatable bonds is 3. The third kappa shape index (κ3) is 2.32. The standard InChI is InChI=1S/C21H23N3O/c1-6-25-18-9-7-17(8-10-18)24-15(4)20-14(3)22-23-12-13(2)11-19(23)21(20)16(24)5/h7-12H,6H2,1-5H3. The molecule has 0 spiro atoms. The molecule has 25 heavy (non-hydrogen) atoms. The molecule has 0 radical (unpaired) electrons. The van der Waals surface area contributed by atoms with Crippen LogP contribution in [0.15, 0.2) is 36.5 Å². The zero-order chi connectivity index (χ0) is 17.7. The van der Waals surface area contributed by atoms with E-state index >= 15 is 0 Å². The van der Waals surface area contributed by atoms with Crippen LogP contribution >= 0.6 is 0 Å². The molecule has 0 aliphatic rings. The Hall–Kier alpha value is -2.75. The third-order valence-corrected chi connectivity index (χ3v) is 4.86. The second kappa shape index (κ2) is 5.66. The summed E-state index contributed by atoms with van der Waals surface area (Å²) in [6.07, 6.45) is 2.09. The molecule has 4 rings (SSSR count). The summed E-state index contributed by atoms with van der Waals surface area (Å²) in [6, 6.07) is 10.5. The number of hydrogen-bond acceptors (Lipinski definition) is 2. The maximum atomic E-state index is 5.57. The van der Waals surface area contributed by atoms with Gasteiger partial charge in [-0.25, -0.2) is 4.52 Å². The Kier molecular flexibility index (Phi) is 3.57. The molecular weight excluding hydrogens is 310 g/mol. The van der Waals surface area contributed by atoms with Gasteiger partial charge in [0.1, 0.15) is 5.75 Å². The summed E-state index contributed by atoms with van der Waals surface area (Å²) in [6.45, 7) is 11.2. The van der Waals surface area contributed by atoms with Crippen LogP contribution in [0.2, 0.25) is 0 Å². The van der Waals surface area contributed by atoms with E-state index < -0.39 is 0 Å². The van der Waals surface area contributed by atoms with Crippen molar-refractivity contribution >= 4 is 16.3 Å². The van der Waals surface area contributed by atoms with Crippen molar-refractivity contribution in [1.29, 1.82) is 0 Å². The molecule has 3 heterocycles. The number of fused-ring (bicyclic) bond motifs is 3. The van der Waals surface area contributed by atoms with Gasteiger partial charge in [-0.05, 0) is 70.5 Å². The summed E-state index contributed by atoms with van der Waals surface area (Å²) in [4.78, 5) is 0. The van der Waals surface area contributed by atoms with Gasteiger partial charge in [0.25, 0.3) is 0 Å². The first-order valence-corrected chi connectivity index (χ1v) is 8.71. The summed E-state index contributed by atoms with van der Waals surface area (Å²) >= 11 is 0. The number of hydrogen-bond donors (Lipinski definition) is 0. The zero-order valence-electron chi connectivity index (χ0n) is 15.4. The number of aromatic nitrogens is 3. The molecule has 0 N–H and O–H groups in total. The summed E-state index contributed by atoms with van der Waals surface area (Å²) in [5.74, 6) is 0.903.